The van der Waals surface area contributed by atoms with E-state index in [-0.39, 0.29) is 49.9 Å². The van der Waals surface area contributed by atoms with Crippen LogP contribution in [0.1, 0.15) is 0 Å². The summed E-state index contributed by atoms with van der Waals surface area (Å²) in [7, 11) is 1.66. The molecule has 0 fully saturated rings. The van der Waals surface area contributed by atoms with E-state index in [1.807, 2.05) is 12.1 Å². The summed E-state index contributed by atoms with van der Waals surface area (Å²) in [5.74, 6) is 3.08. The third-order valence-electron chi connectivity index (χ3n) is 2.63. The van der Waals surface area contributed by atoms with Crippen molar-refractivity contribution in [2.24, 2.45) is 7.05 Å². The van der Waals surface area contributed by atoms with Gasteiger partial charge in [0.2, 0.25) is 5.56 Å². The maximum atomic E-state index is 11.7. The molecule has 5 heteroatoms. The average Bonchev–Trinajstić information content (AvgIpc) is 2.44. The molecule has 0 bridgehead atoms. The smallest absolute Gasteiger partial charge is 0.212 e. The second-order valence-corrected chi connectivity index (χ2v) is 4.27. The summed E-state index contributed by atoms with van der Waals surface area (Å²) in [4.78, 5) is 11.7. The molecule has 1 heterocycles. The second kappa shape index (κ2) is 7.64. The van der Waals surface area contributed by atoms with Gasteiger partial charge in [-0.05, 0) is 12.1 Å². The number of benzene rings is 1. The fourth-order valence-corrected chi connectivity index (χ4v) is 1.84. The molecule has 0 aliphatic rings. The fraction of sp³-hybridized carbons (Fsp3) is 0.133. The van der Waals surface area contributed by atoms with Crippen LogP contribution in [-0.4, -0.2) is 11.2 Å². The van der Waals surface area contributed by atoms with Crippen LogP contribution < -0.4 is 10.3 Å². The summed E-state index contributed by atoms with van der Waals surface area (Å²) in [5.41, 5.74) is 1.27. The Morgan fingerprint density at radius 3 is 2.65 bits per heavy atom. The summed E-state index contributed by atoms with van der Waals surface area (Å²) >= 11 is 5.75. The van der Waals surface area contributed by atoms with Crippen LogP contribution in [0.5, 0.6) is 5.75 Å². The molecule has 0 amide bonds. The van der Waals surface area contributed by atoms with Crippen molar-refractivity contribution in [2.75, 3.05) is 6.61 Å². The van der Waals surface area contributed by atoms with E-state index in [0.717, 1.165) is 5.56 Å². The maximum absolute atomic E-state index is 11.7. The van der Waals surface area contributed by atoms with Crippen LogP contribution >= 0.6 is 11.6 Å². The van der Waals surface area contributed by atoms with Crippen LogP contribution in [0.25, 0.3) is 11.3 Å². The molecule has 0 saturated heterocycles. The predicted molar refractivity (Wildman–Crippen MR) is 75.3 cm³/mol. The van der Waals surface area contributed by atoms with Gasteiger partial charge < -0.3 is 9.30 Å². The van der Waals surface area contributed by atoms with Gasteiger partial charge in [0.05, 0.1) is 0 Å². The van der Waals surface area contributed by atoms with Crippen LogP contribution in [0.2, 0.25) is 5.02 Å². The van der Waals surface area contributed by atoms with Crippen LogP contribution in [-0.2, 0) is 39.8 Å². The fourth-order valence-electron chi connectivity index (χ4n) is 1.66. The molecule has 2 rings (SSSR count). The van der Waals surface area contributed by atoms with Gasteiger partial charge in [0.25, 0.3) is 0 Å². The molecule has 0 saturated carbocycles. The topological polar surface area (TPSA) is 31.2 Å². The first-order valence-electron chi connectivity index (χ1n) is 5.57. The standard InChI is InChI=1S/C15H11ClNO2.Y/c1-3-10-19-12-6-4-11(5-7-12)14-9-8-13(16)15(18)17(14)2;/h1,4-8H,10H2,2H3;/q-1;. The Balaban J connectivity index is 0.00000200. The minimum absolute atomic E-state index is 0. The van der Waals surface area contributed by atoms with Crippen LogP contribution in [0, 0.1) is 18.4 Å². The molecule has 1 aromatic heterocycles. The number of nitrogens with zero attached hydrogens (tertiary/aromatic N) is 1. The third kappa shape index (κ3) is 3.73. The molecule has 1 aromatic carbocycles. The van der Waals surface area contributed by atoms with Crippen LogP contribution in [0.4, 0.5) is 0 Å². The van der Waals surface area contributed by atoms with Crippen LogP contribution in [0.3, 0.4) is 0 Å². The molecule has 2 aromatic rings. The Labute approximate surface area is 147 Å². The van der Waals surface area contributed by atoms with E-state index in [1.165, 1.54) is 10.6 Å². The van der Waals surface area contributed by atoms with E-state index in [4.69, 9.17) is 22.8 Å². The number of pyridine rings is 1. The molecule has 0 aliphatic heterocycles. The molecule has 0 atom stereocenters. The molecular formula is C15H11ClNO2Y-. The number of terminal acetylenes is 1. The third-order valence-corrected chi connectivity index (χ3v) is 2.90. The molecule has 0 spiro atoms. The summed E-state index contributed by atoms with van der Waals surface area (Å²) in [5, 5.41) is 0.153. The van der Waals surface area contributed by atoms with Gasteiger partial charge in [-0.25, -0.2) is 0 Å². The number of ether oxygens (including phenoxy) is 1. The number of rotatable bonds is 3. The zero-order valence-corrected chi connectivity index (χ0v) is 14.5. The van der Waals surface area contributed by atoms with Crippen molar-refractivity contribution < 1.29 is 37.4 Å². The number of hydrogen-bond donors (Lipinski definition) is 0. The molecule has 0 N–H and O–H groups in total. The molecular weight excluding hydrogens is 351 g/mol. The van der Waals surface area contributed by atoms with E-state index in [1.54, 1.807) is 19.2 Å². The largest absolute Gasteiger partial charge is 0.481 e. The van der Waals surface area contributed by atoms with Crippen molar-refractivity contribution in [3.63, 3.8) is 0 Å². The first-order valence-corrected chi connectivity index (χ1v) is 5.95. The maximum Gasteiger partial charge on any atom is 0.212 e. The molecule has 3 nitrogen and oxygen atoms in total. The minimum Gasteiger partial charge on any atom is -0.481 e. The van der Waals surface area contributed by atoms with Crippen molar-refractivity contribution in [1.82, 2.24) is 4.57 Å². The SMILES string of the molecule is C#CCOc1ccc(-c2[c-]cc(Cl)c(=O)n2C)cc1.[Y]. The van der Waals surface area contributed by atoms with Gasteiger partial charge in [-0.3, -0.25) is 4.79 Å². The van der Waals surface area contributed by atoms with Crippen molar-refractivity contribution in [3.05, 3.63) is 51.8 Å². The molecule has 1 radical (unpaired) electrons. The first-order chi connectivity index (χ1) is 9.13. The zero-order chi connectivity index (χ0) is 13.8. The summed E-state index contributed by atoms with van der Waals surface area (Å²) in [6.45, 7) is 0.227. The Morgan fingerprint density at radius 2 is 2.05 bits per heavy atom. The Hall–Kier alpha value is -1.08. The molecule has 0 aliphatic carbocycles. The monoisotopic (exact) mass is 361 g/mol. The van der Waals surface area contributed by atoms with Gasteiger partial charge >= 0.3 is 0 Å². The van der Waals surface area contributed by atoms with E-state index in [2.05, 4.69) is 12.0 Å². The van der Waals surface area contributed by atoms with Crippen molar-refractivity contribution in [2.45, 2.75) is 0 Å². The first kappa shape index (κ1) is 17.0. The number of hydrogen-bond acceptors (Lipinski definition) is 2. The minimum atomic E-state index is -0.247. The molecule has 0 unspecified atom stereocenters. The summed E-state index contributed by atoms with van der Waals surface area (Å²) in [6, 6.07) is 11.7. The number of aromatic nitrogens is 1. The van der Waals surface area contributed by atoms with Gasteiger partial charge in [-0.2, -0.15) is 23.7 Å². The Kier molecular flexibility index (Phi) is 6.48. The van der Waals surface area contributed by atoms with E-state index in [0.29, 0.717) is 11.4 Å². The quantitative estimate of drug-likeness (QED) is 0.621. The van der Waals surface area contributed by atoms with E-state index in [9.17, 15) is 4.79 Å². The second-order valence-electron chi connectivity index (χ2n) is 3.87. The van der Waals surface area contributed by atoms with Crippen molar-refractivity contribution in [1.29, 1.82) is 0 Å². The van der Waals surface area contributed by atoms with E-state index >= 15 is 0 Å². The summed E-state index contributed by atoms with van der Waals surface area (Å²) < 4.78 is 6.74. The van der Waals surface area contributed by atoms with Gasteiger partial charge in [-0.1, -0.05) is 17.2 Å². The zero-order valence-electron chi connectivity index (χ0n) is 10.9. The van der Waals surface area contributed by atoms with Crippen molar-refractivity contribution >= 4 is 11.6 Å². The Bertz CT molecular complexity index is 687. The average molecular weight is 362 g/mol. The van der Waals surface area contributed by atoms with Crippen LogP contribution in [0.15, 0.2) is 35.1 Å². The van der Waals surface area contributed by atoms with E-state index < -0.39 is 0 Å². The van der Waals surface area contributed by atoms with Gasteiger partial charge in [0.1, 0.15) is 12.4 Å². The van der Waals surface area contributed by atoms with Crippen molar-refractivity contribution in [3.8, 4) is 29.4 Å². The Morgan fingerprint density at radius 1 is 1.40 bits per heavy atom. The van der Waals surface area contributed by atoms with Gasteiger partial charge in [-0.15, -0.1) is 18.6 Å². The molecule has 20 heavy (non-hydrogen) atoms. The normalized spacial score (nSPS) is 9.45. The van der Waals surface area contributed by atoms with Gasteiger partial charge in [0.15, 0.2) is 0 Å². The number of halogens is 1. The molecule has 99 valence electrons. The predicted octanol–water partition coefficient (Wildman–Crippen LogP) is 2.52. The summed E-state index contributed by atoms with van der Waals surface area (Å²) in [6.07, 6.45) is 5.12. The van der Waals surface area contributed by atoms with Gasteiger partial charge in [0, 0.05) is 44.8 Å².